The molecule has 1 aliphatic rings. The van der Waals surface area contributed by atoms with Crippen molar-refractivity contribution in [1.82, 2.24) is 0 Å². The second-order valence-electron chi connectivity index (χ2n) is 6.33. The Labute approximate surface area is 149 Å². The number of aliphatic hydroxyl groups is 4. The van der Waals surface area contributed by atoms with Gasteiger partial charge in [0, 0.05) is 9.49 Å². The molecule has 0 amide bonds. The summed E-state index contributed by atoms with van der Waals surface area (Å²) in [5.74, 6) is -1.75. The van der Waals surface area contributed by atoms with Crippen molar-refractivity contribution in [3.05, 3.63) is 33.4 Å². The van der Waals surface area contributed by atoms with Gasteiger partial charge in [-0.05, 0) is 54.1 Å². The van der Waals surface area contributed by atoms with Crippen molar-refractivity contribution in [2.75, 3.05) is 0 Å². The van der Waals surface area contributed by atoms with Gasteiger partial charge in [0.25, 0.3) is 0 Å². The molecule has 0 spiro atoms. The van der Waals surface area contributed by atoms with Crippen LogP contribution in [0, 0.1) is 9.49 Å². The highest BCUT2D eigenvalue weighted by molar-refractivity contribution is 14.1. The zero-order valence-corrected chi connectivity index (χ0v) is 15.4. The Bertz CT molecular complexity index is 537. The van der Waals surface area contributed by atoms with Gasteiger partial charge in [-0.25, -0.2) is 0 Å². The van der Waals surface area contributed by atoms with Crippen LogP contribution >= 0.6 is 22.6 Å². The molecule has 0 saturated carbocycles. The largest absolute Gasteiger partial charge is 0.390 e. The van der Waals surface area contributed by atoms with Gasteiger partial charge in [-0.15, -0.1) is 0 Å². The predicted molar refractivity (Wildman–Crippen MR) is 91.3 cm³/mol. The highest BCUT2D eigenvalue weighted by atomic mass is 127. The molecule has 1 aliphatic heterocycles. The molecular weight excluding hydrogens is 415 g/mol. The molecule has 1 heterocycles. The quantitative estimate of drug-likeness (QED) is 0.515. The summed E-state index contributed by atoms with van der Waals surface area (Å²) in [6.07, 6.45) is -5.84. The molecule has 7 heteroatoms. The van der Waals surface area contributed by atoms with Crippen molar-refractivity contribution < 1.29 is 29.9 Å². The van der Waals surface area contributed by atoms with E-state index in [0.29, 0.717) is 5.56 Å². The first-order chi connectivity index (χ1) is 10.6. The molecule has 1 aromatic rings. The molecule has 2 rings (SSSR count). The van der Waals surface area contributed by atoms with E-state index in [-0.39, 0.29) is 0 Å². The first kappa shape index (κ1) is 19.0. The zero-order valence-electron chi connectivity index (χ0n) is 13.3. The summed E-state index contributed by atoms with van der Waals surface area (Å²) in [4.78, 5) is 0. The normalized spacial score (nSPS) is 29.0. The van der Waals surface area contributed by atoms with Gasteiger partial charge < -0.3 is 29.9 Å². The fourth-order valence-corrected chi connectivity index (χ4v) is 3.25. The minimum atomic E-state index is -1.29. The van der Waals surface area contributed by atoms with E-state index in [0.717, 1.165) is 3.57 Å². The number of rotatable bonds is 5. The SMILES string of the molecule is CC([C@H](O)[C@H]1OC(C)(C)O[C@H]1O)[C@H](O)[C@@H](O)c1cccc(I)c1. The van der Waals surface area contributed by atoms with Crippen LogP contribution in [0.3, 0.4) is 0 Å². The third kappa shape index (κ3) is 4.41. The van der Waals surface area contributed by atoms with E-state index in [1.807, 2.05) is 6.07 Å². The van der Waals surface area contributed by atoms with Crippen LogP contribution in [0.4, 0.5) is 0 Å². The Hall–Kier alpha value is -0.290. The molecule has 130 valence electrons. The molecule has 4 N–H and O–H groups in total. The number of hydrogen-bond acceptors (Lipinski definition) is 6. The molecule has 1 aromatic carbocycles. The third-order valence-corrected chi connectivity index (χ3v) is 4.70. The average Bonchev–Trinajstić information content (AvgIpc) is 2.77. The van der Waals surface area contributed by atoms with Gasteiger partial charge in [0.05, 0.1) is 12.2 Å². The summed E-state index contributed by atoms with van der Waals surface area (Å²) in [5.41, 5.74) is 0.563. The van der Waals surface area contributed by atoms with Crippen LogP contribution in [-0.4, -0.2) is 50.8 Å². The van der Waals surface area contributed by atoms with Crippen molar-refractivity contribution in [2.45, 2.75) is 57.3 Å². The lowest BCUT2D eigenvalue weighted by molar-refractivity contribution is -0.176. The lowest BCUT2D eigenvalue weighted by Crippen LogP contribution is -2.45. The molecule has 1 unspecified atom stereocenters. The monoisotopic (exact) mass is 438 g/mol. The number of hydrogen-bond donors (Lipinski definition) is 4. The molecule has 0 radical (unpaired) electrons. The van der Waals surface area contributed by atoms with E-state index in [9.17, 15) is 20.4 Å². The van der Waals surface area contributed by atoms with Gasteiger partial charge in [0.2, 0.25) is 0 Å². The fourth-order valence-electron chi connectivity index (χ4n) is 2.69. The molecule has 0 bridgehead atoms. The van der Waals surface area contributed by atoms with Crippen LogP contribution in [0.2, 0.25) is 0 Å². The molecule has 0 aliphatic carbocycles. The van der Waals surface area contributed by atoms with Gasteiger partial charge >= 0.3 is 0 Å². The minimum Gasteiger partial charge on any atom is -0.390 e. The van der Waals surface area contributed by atoms with E-state index >= 15 is 0 Å². The van der Waals surface area contributed by atoms with Crippen LogP contribution in [0.15, 0.2) is 24.3 Å². The standard InChI is InChI=1S/C16H23IO6/c1-8(12(19)14-15(21)23-16(2,3)22-14)11(18)13(20)9-5-4-6-10(17)7-9/h4-8,11-15,18-21H,1-3H3/t8?,11-,12-,13-,14+,15+/m0/s1. The summed E-state index contributed by atoms with van der Waals surface area (Å²) < 4.78 is 11.6. The molecule has 6 atom stereocenters. The summed E-state index contributed by atoms with van der Waals surface area (Å²) >= 11 is 2.12. The molecular formula is C16H23IO6. The summed E-state index contributed by atoms with van der Waals surface area (Å²) in [6.45, 7) is 4.85. The number of aliphatic hydroxyl groups excluding tert-OH is 4. The second-order valence-corrected chi connectivity index (χ2v) is 7.58. The van der Waals surface area contributed by atoms with E-state index in [1.165, 1.54) is 0 Å². The lowest BCUT2D eigenvalue weighted by Gasteiger charge is -2.31. The smallest absolute Gasteiger partial charge is 0.187 e. The molecule has 1 fully saturated rings. The summed E-state index contributed by atoms with van der Waals surface area (Å²) in [7, 11) is 0. The number of halogens is 1. The molecule has 23 heavy (non-hydrogen) atoms. The Morgan fingerprint density at radius 2 is 1.83 bits per heavy atom. The Balaban J connectivity index is 2.08. The second kappa shape index (κ2) is 7.30. The predicted octanol–water partition coefficient (Wildman–Crippen LogP) is 1.15. The van der Waals surface area contributed by atoms with Gasteiger partial charge in [0.15, 0.2) is 12.1 Å². The first-order valence-electron chi connectivity index (χ1n) is 7.46. The molecule has 1 saturated heterocycles. The Kier molecular flexibility index (Phi) is 6.04. The van der Waals surface area contributed by atoms with Crippen molar-refractivity contribution in [3.63, 3.8) is 0 Å². The van der Waals surface area contributed by atoms with Gasteiger partial charge in [-0.1, -0.05) is 19.1 Å². The Morgan fingerprint density at radius 1 is 1.17 bits per heavy atom. The minimum absolute atomic E-state index is 0.563. The van der Waals surface area contributed by atoms with Crippen LogP contribution in [0.5, 0.6) is 0 Å². The van der Waals surface area contributed by atoms with Gasteiger partial charge in [0.1, 0.15) is 12.2 Å². The highest BCUT2D eigenvalue weighted by Gasteiger charge is 2.47. The van der Waals surface area contributed by atoms with E-state index in [2.05, 4.69) is 22.6 Å². The fraction of sp³-hybridized carbons (Fsp3) is 0.625. The van der Waals surface area contributed by atoms with E-state index in [1.54, 1.807) is 39.0 Å². The maximum atomic E-state index is 10.4. The molecule has 6 nitrogen and oxygen atoms in total. The van der Waals surface area contributed by atoms with E-state index in [4.69, 9.17) is 9.47 Å². The maximum absolute atomic E-state index is 10.4. The van der Waals surface area contributed by atoms with Crippen LogP contribution in [-0.2, 0) is 9.47 Å². The summed E-state index contributed by atoms with van der Waals surface area (Å²) in [5, 5.41) is 41.0. The van der Waals surface area contributed by atoms with E-state index < -0.39 is 42.4 Å². The van der Waals surface area contributed by atoms with Crippen molar-refractivity contribution in [1.29, 1.82) is 0 Å². The number of benzene rings is 1. The van der Waals surface area contributed by atoms with Crippen LogP contribution in [0.1, 0.15) is 32.4 Å². The first-order valence-corrected chi connectivity index (χ1v) is 8.53. The topological polar surface area (TPSA) is 99.4 Å². The van der Waals surface area contributed by atoms with Gasteiger partial charge in [-0.3, -0.25) is 0 Å². The van der Waals surface area contributed by atoms with Crippen LogP contribution < -0.4 is 0 Å². The Morgan fingerprint density at radius 3 is 2.35 bits per heavy atom. The molecule has 0 aromatic heterocycles. The summed E-state index contributed by atoms with van der Waals surface area (Å²) in [6, 6.07) is 7.14. The highest BCUT2D eigenvalue weighted by Crippen LogP contribution is 2.33. The van der Waals surface area contributed by atoms with Crippen LogP contribution in [0.25, 0.3) is 0 Å². The van der Waals surface area contributed by atoms with Crippen molar-refractivity contribution in [2.24, 2.45) is 5.92 Å². The zero-order chi connectivity index (χ0) is 17.4. The maximum Gasteiger partial charge on any atom is 0.187 e. The van der Waals surface area contributed by atoms with Crippen molar-refractivity contribution >= 4 is 22.6 Å². The lowest BCUT2D eigenvalue weighted by atomic mass is 9.88. The number of ether oxygens (including phenoxy) is 2. The van der Waals surface area contributed by atoms with Gasteiger partial charge in [-0.2, -0.15) is 0 Å². The third-order valence-electron chi connectivity index (χ3n) is 4.03. The average molecular weight is 438 g/mol. The van der Waals surface area contributed by atoms with Crippen molar-refractivity contribution in [3.8, 4) is 0 Å².